The highest BCUT2D eigenvalue weighted by atomic mass is 16.2. The fourth-order valence-electron chi connectivity index (χ4n) is 1.73. The van der Waals surface area contributed by atoms with E-state index in [0.29, 0.717) is 0 Å². The fraction of sp³-hybridized carbons (Fsp3) is 0.182. The zero-order valence-electron chi connectivity index (χ0n) is 8.90. The Morgan fingerprint density at radius 1 is 1.25 bits per heavy atom. The summed E-state index contributed by atoms with van der Waals surface area (Å²) < 4.78 is 0. The number of imide groups is 1. The number of carbonyl (C=O) groups is 3. The fourth-order valence-corrected chi connectivity index (χ4v) is 1.73. The van der Waals surface area contributed by atoms with Gasteiger partial charge in [0.05, 0.1) is 16.7 Å². The second-order valence-electron chi connectivity index (χ2n) is 3.48. The smallest absolute Gasteiger partial charge is 0.262 e. The zero-order chi connectivity index (χ0) is 11.9. The average molecular weight is 218 g/mol. The van der Waals surface area contributed by atoms with Gasteiger partial charge < -0.3 is 5.32 Å². The molecule has 0 saturated heterocycles. The lowest BCUT2D eigenvalue weighted by Gasteiger charge is -2.05. The van der Waals surface area contributed by atoms with E-state index in [4.69, 9.17) is 0 Å². The topological polar surface area (TPSA) is 66.5 Å². The van der Waals surface area contributed by atoms with Gasteiger partial charge in [0.1, 0.15) is 0 Å². The number of rotatable bonds is 1. The molecular weight excluding hydrogens is 208 g/mol. The van der Waals surface area contributed by atoms with E-state index in [1.165, 1.54) is 20.2 Å². The van der Waals surface area contributed by atoms with Crippen LogP contribution in [0.15, 0.2) is 18.2 Å². The summed E-state index contributed by atoms with van der Waals surface area (Å²) in [5, 5.41) is 2.44. The van der Waals surface area contributed by atoms with E-state index in [1.54, 1.807) is 12.1 Å². The molecule has 1 aliphatic rings. The van der Waals surface area contributed by atoms with Gasteiger partial charge in [0.2, 0.25) is 0 Å². The third kappa shape index (κ3) is 1.21. The Bertz CT molecular complexity index is 508. The maximum atomic E-state index is 11.8. The normalized spacial score (nSPS) is 14.0. The van der Waals surface area contributed by atoms with Crippen molar-refractivity contribution in [2.75, 3.05) is 14.1 Å². The second kappa shape index (κ2) is 3.44. The molecule has 0 unspecified atom stereocenters. The largest absolute Gasteiger partial charge is 0.355 e. The number of hydrogen-bond acceptors (Lipinski definition) is 3. The summed E-state index contributed by atoms with van der Waals surface area (Å²) in [6, 6.07) is 4.67. The lowest BCUT2D eigenvalue weighted by atomic mass is 10.0. The van der Waals surface area contributed by atoms with Crippen molar-refractivity contribution in [2.24, 2.45) is 0 Å². The lowest BCUT2D eigenvalue weighted by molar-refractivity contribution is 0.0690. The van der Waals surface area contributed by atoms with Crippen molar-refractivity contribution >= 4 is 17.7 Å². The molecule has 0 saturated carbocycles. The highest BCUT2D eigenvalue weighted by Crippen LogP contribution is 2.24. The molecule has 1 aromatic rings. The molecular formula is C11H10N2O3. The van der Waals surface area contributed by atoms with Crippen LogP contribution in [0.2, 0.25) is 0 Å². The van der Waals surface area contributed by atoms with E-state index in [1.807, 2.05) is 0 Å². The van der Waals surface area contributed by atoms with E-state index in [2.05, 4.69) is 5.32 Å². The molecule has 3 amide bonds. The van der Waals surface area contributed by atoms with Crippen molar-refractivity contribution in [2.45, 2.75) is 0 Å². The van der Waals surface area contributed by atoms with Crippen molar-refractivity contribution in [3.63, 3.8) is 0 Å². The maximum Gasteiger partial charge on any atom is 0.262 e. The molecule has 1 N–H and O–H groups in total. The molecule has 2 rings (SSSR count). The summed E-state index contributed by atoms with van der Waals surface area (Å²) in [5.41, 5.74) is 0.714. The molecule has 16 heavy (non-hydrogen) atoms. The van der Waals surface area contributed by atoms with Gasteiger partial charge in [0.25, 0.3) is 17.7 Å². The molecule has 0 aromatic heterocycles. The summed E-state index contributed by atoms with van der Waals surface area (Å²) >= 11 is 0. The summed E-state index contributed by atoms with van der Waals surface area (Å²) in [6.45, 7) is 0. The van der Waals surface area contributed by atoms with E-state index < -0.39 is 5.91 Å². The van der Waals surface area contributed by atoms with Crippen LogP contribution in [0.3, 0.4) is 0 Å². The van der Waals surface area contributed by atoms with Crippen molar-refractivity contribution < 1.29 is 14.4 Å². The highest BCUT2D eigenvalue weighted by molar-refractivity contribution is 6.24. The van der Waals surface area contributed by atoms with Crippen LogP contribution < -0.4 is 5.32 Å². The Morgan fingerprint density at radius 3 is 2.56 bits per heavy atom. The van der Waals surface area contributed by atoms with Gasteiger partial charge in [-0.3, -0.25) is 19.3 Å². The first-order chi connectivity index (χ1) is 7.57. The van der Waals surface area contributed by atoms with Crippen molar-refractivity contribution in [3.8, 4) is 0 Å². The number of amides is 3. The summed E-state index contributed by atoms with van der Waals surface area (Å²) in [4.78, 5) is 36.0. The van der Waals surface area contributed by atoms with Crippen molar-refractivity contribution in [1.82, 2.24) is 10.2 Å². The van der Waals surface area contributed by atoms with Gasteiger partial charge >= 0.3 is 0 Å². The monoisotopic (exact) mass is 218 g/mol. The molecule has 5 heteroatoms. The minimum atomic E-state index is -0.431. The average Bonchev–Trinajstić information content (AvgIpc) is 2.54. The molecule has 0 fully saturated rings. The van der Waals surface area contributed by atoms with Crippen LogP contribution >= 0.6 is 0 Å². The summed E-state index contributed by atoms with van der Waals surface area (Å²) in [7, 11) is 2.88. The molecule has 1 aliphatic heterocycles. The molecule has 0 radical (unpaired) electrons. The van der Waals surface area contributed by atoms with Gasteiger partial charge in [-0.25, -0.2) is 0 Å². The lowest BCUT2D eigenvalue weighted by Crippen LogP contribution is -2.26. The van der Waals surface area contributed by atoms with Crippen LogP contribution in [-0.2, 0) is 0 Å². The number of benzene rings is 1. The summed E-state index contributed by atoms with van der Waals surface area (Å²) in [6.07, 6.45) is 0. The molecule has 0 aliphatic carbocycles. The number of fused-ring (bicyclic) bond motifs is 1. The van der Waals surface area contributed by atoms with Gasteiger partial charge in [0.15, 0.2) is 0 Å². The van der Waals surface area contributed by atoms with Crippen molar-refractivity contribution in [3.05, 3.63) is 34.9 Å². The van der Waals surface area contributed by atoms with Crippen molar-refractivity contribution in [1.29, 1.82) is 0 Å². The van der Waals surface area contributed by atoms with Gasteiger partial charge in [-0.2, -0.15) is 0 Å². The molecule has 1 aromatic carbocycles. The predicted molar refractivity (Wildman–Crippen MR) is 56.3 cm³/mol. The van der Waals surface area contributed by atoms with E-state index in [0.717, 1.165) is 4.90 Å². The Kier molecular flexibility index (Phi) is 2.23. The SMILES string of the molecule is CNC(=O)c1cccc2c1C(=O)N(C)C2=O. The Labute approximate surface area is 92.0 Å². The predicted octanol–water partition coefficient (Wildman–Crippen LogP) is 0.272. The van der Waals surface area contributed by atoms with Crippen LogP contribution in [0.5, 0.6) is 0 Å². The first-order valence-electron chi connectivity index (χ1n) is 4.75. The Hall–Kier alpha value is -2.17. The van der Waals surface area contributed by atoms with Crippen LogP contribution in [0.25, 0.3) is 0 Å². The maximum absolute atomic E-state index is 11.8. The molecule has 0 spiro atoms. The standard InChI is InChI=1S/C11H10N2O3/c1-12-9(14)6-4-3-5-7-8(6)11(16)13(2)10(7)15/h3-5H,1-2H3,(H,12,14). The number of nitrogens with zero attached hydrogens (tertiary/aromatic N) is 1. The number of hydrogen-bond donors (Lipinski definition) is 1. The zero-order valence-corrected chi connectivity index (χ0v) is 8.90. The first kappa shape index (κ1) is 10.4. The van der Waals surface area contributed by atoms with Gasteiger partial charge in [0, 0.05) is 14.1 Å². The minimum absolute atomic E-state index is 0.189. The summed E-state index contributed by atoms with van der Waals surface area (Å²) in [5.74, 6) is -1.17. The highest BCUT2D eigenvalue weighted by Gasteiger charge is 2.35. The number of nitrogens with one attached hydrogen (secondary N) is 1. The Morgan fingerprint density at radius 2 is 1.94 bits per heavy atom. The molecule has 1 heterocycles. The van der Waals surface area contributed by atoms with E-state index in [9.17, 15) is 14.4 Å². The van der Waals surface area contributed by atoms with E-state index >= 15 is 0 Å². The molecule has 5 nitrogen and oxygen atoms in total. The minimum Gasteiger partial charge on any atom is -0.355 e. The van der Waals surface area contributed by atoms with Gasteiger partial charge in [-0.15, -0.1) is 0 Å². The molecule has 0 bridgehead atoms. The van der Waals surface area contributed by atoms with Crippen LogP contribution in [0.1, 0.15) is 31.1 Å². The quantitative estimate of drug-likeness (QED) is 0.688. The third-order valence-corrected chi connectivity index (χ3v) is 2.59. The number of carbonyl (C=O) groups excluding carboxylic acids is 3. The van der Waals surface area contributed by atoms with Gasteiger partial charge in [-0.05, 0) is 12.1 Å². The third-order valence-electron chi connectivity index (χ3n) is 2.59. The van der Waals surface area contributed by atoms with E-state index in [-0.39, 0.29) is 28.5 Å². The van der Waals surface area contributed by atoms with Crippen LogP contribution in [0, 0.1) is 0 Å². The van der Waals surface area contributed by atoms with Crippen LogP contribution in [0.4, 0.5) is 0 Å². The van der Waals surface area contributed by atoms with Crippen LogP contribution in [-0.4, -0.2) is 36.7 Å². The second-order valence-corrected chi connectivity index (χ2v) is 3.48. The first-order valence-corrected chi connectivity index (χ1v) is 4.75. The molecule has 82 valence electrons. The Balaban J connectivity index is 2.67. The van der Waals surface area contributed by atoms with Gasteiger partial charge in [-0.1, -0.05) is 6.07 Å². The molecule has 0 atom stereocenters.